The lowest BCUT2D eigenvalue weighted by Crippen LogP contribution is -2.48. The summed E-state index contributed by atoms with van der Waals surface area (Å²) in [4.78, 5) is 12.0. The van der Waals surface area contributed by atoms with Gasteiger partial charge in [-0.15, -0.1) is 12.4 Å². The van der Waals surface area contributed by atoms with Gasteiger partial charge in [-0.2, -0.15) is 0 Å². The van der Waals surface area contributed by atoms with E-state index in [-0.39, 0.29) is 24.4 Å². The first-order valence-corrected chi connectivity index (χ1v) is 7.30. The fraction of sp³-hybridized carbons (Fsp3) is 0.929. The van der Waals surface area contributed by atoms with Crippen LogP contribution >= 0.6 is 12.4 Å². The van der Waals surface area contributed by atoms with Gasteiger partial charge in [0.15, 0.2) is 0 Å². The lowest BCUT2D eigenvalue weighted by Gasteiger charge is -2.31. The van der Waals surface area contributed by atoms with E-state index in [0.717, 1.165) is 45.3 Å². The number of amides is 1. The third-order valence-corrected chi connectivity index (χ3v) is 3.82. The average molecular weight is 291 g/mol. The molecule has 0 saturated carbocycles. The lowest BCUT2D eigenvalue weighted by atomic mass is 9.96. The second-order valence-electron chi connectivity index (χ2n) is 6.00. The van der Waals surface area contributed by atoms with Gasteiger partial charge in [0.05, 0.1) is 12.1 Å². The van der Waals surface area contributed by atoms with Gasteiger partial charge in [0.25, 0.3) is 0 Å². The fourth-order valence-electron chi connectivity index (χ4n) is 2.91. The molecule has 0 radical (unpaired) electrons. The van der Waals surface area contributed by atoms with Crippen LogP contribution in [0, 0.1) is 5.92 Å². The summed E-state index contributed by atoms with van der Waals surface area (Å²) in [6, 6.07) is 0.341. The third-order valence-electron chi connectivity index (χ3n) is 3.82. The maximum Gasteiger partial charge on any atom is 0.237 e. The number of nitrogens with one attached hydrogen (secondary N) is 2. The van der Waals surface area contributed by atoms with Crippen molar-refractivity contribution >= 4 is 18.3 Å². The molecule has 0 aromatic heterocycles. The molecule has 2 heterocycles. The maximum atomic E-state index is 12.0. The molecule has 2 aliphatic rings. The second-order valence-corrected chi connectivity index (χ2v) is 6.00. The lowest BCUT2D eigenvalue weighted by molar-refractivity contribution is -0.124. The molecule has 112 valence electrons. The highest BCUT2D eigenvalue weighted by atomic mass is 35.5. The van der Waals surface area contributed by atoms with Gasteiger partial charge in [0, 0.05) is 12.6 Å². The predicted octanol–water partition coefficient (Wildman–Crippen LogP) is 1.87. The predicted molar refractivity (Wildman–Crippen MR) is 78.6 cm³/mol. The first-order chi connectivity index (χ1) is 8.65. The van der Waals surface area contributed by atoms with E-state index in [9.17, 15) is 4.79 Å². The summed E-state index contributed by atoms with van der Waals surface area (Å²) >= 11 is 0. The van der Waals surface area contributed by atoms with Crippen molar-refractivity contribution in [2.75, 3.05) is 13.2 Å². The van der Waals surface area contributed by atoms with Gasteiger partial charge < -0.3 is 15.4 Å². The summed E-state index contributed by atoms with van der Waals surface area (Å²) in [7, 11) is 0. The van der Waals surface area contributed by atoms with Gasteiger partial charge in [0.2, 0.25) is 5.91 Å². The van der Waals surface area contributed by atoms with E-state index in [1.165, 1.54) is 0 Å². The van der Waals surface area contributed by atoms with Gasteiger partial charge in [-0.3, -0.25) is 4.79 Å². The van der Waals surface area contributed by atoms with Gasteiger partial charge in [-0.25, -0.2) is 0 Å². The minimum absolute atomic E-state index is 0. The standard InChI is InChI=1S/C14H26N2O2.ClH/c1-10(2)8-12-9-11(5-7-18-12)16-14(17)13-4-3-6-15-13;/h10-13,15H,3-9H2,1-2H3,(H,16,17);1H. The number of carbonyl (C=O) groups is 1. The van der Waals surface area contributed by atoms with Crippen LogP contribution in [0.1, 0.15) is 46.0 Å². The summed E-state index contributed by atoms with van der Waals surface area (Å²) in [6.07, 6.45) is 5.42. The van der Waals surface area contributed by atoms with Crippen molar-refractivity contribution in [3.63, 3.8) is 0 Å². The monoisotopic (exact) mass is 290 g/mol. The smallest absolute Gasteiger partial charge is 0.237 e. The van der Waals surface area contributed by atoms with E-state index in [4.69, 9.17) is 4.74 Å². The Hall–Kier alpha value is -0.320. The Morgan fingerprint density at radius 3 is 2.84 bits per heavy atom. The number of rotatable bonds is 4. The molecule has 2 aliphatic heterocycles. The molecule has 2 fully saturated rings. The molecule has 4 nitrogen and oxygen atoms in total. The molecule has 0 bridgehead atoms. The molecule has 2 rings (SSSR count). The van der Waals surface area contributed by atoms with Crippen LogP contribution in [0.3, 0.4) is 0 Å². The van der Waals surface area contributed by atoms with Crippen LogP contribution in [0.15, 0.2) is 0 Å². The van der Waals surface area contributed by atoms with Crippen molar-refractivity contribution in [1.29, 1.82) is 0 Å². The Morgan fingerprint density at radius 2 is 2.21 bits per heavy atom. The third kappa shape index (κ3) is 5.28. The molecule has 0 spiro atoms. The molecule has 0 aromatic carbocycles. The molecular weight excluding hydrogens is 264 g/mol. The summed E-state index contributed by atoms with van der Waals surface area (Å²) in [5, 5.41) is 6.43. The van der Waals surface area contributed by atoms with Crippen LogP contribution in [-0.4, -0.2) is 37.2 Å². The highest BCUT2D eigenvalue weighted by Crippen LogP contribution is 2.20. The van der Waals surface area contributed by atoms with Crippen molar-refractivity contribution in [3.05, 3.63) is 0 Å². The van der Waals surface area contributed by atoms with E-state index < -0.39 is 0 Å². The van der Waals surface area contributed by atoms with Crippen LogP contribution in [0.2, 0.25) is 0 Å². The molecule has 19 heavy (non-hydrogen) atoms. The molecule has 2 N–H and O–H groups in total. The van der Waals surface area contributed by atoms with Crippen molar-refractivity contribution < 1.29 is 9.53 Å². The summed E-state index contributed by atoms with van der Waals surface area (Å²) in [5.41, 5.74) is 0. The molecule has 3 atom stereocenters. The van der Waals surface area contributed by atoms with Crippen LogP contribution in [-0.2, 0) is 9.53 Å². The highest BCUT2D eigenvalue weighted by molar-refractivity contribution is 5.85. The Balaban J connectivity index is 0.00000180. The average Bonchev–Trinajstić information content (AvgIpc) is 2.81. The number of carbonyl (C=O) groups excluding carboxylic acids is 1. The van der Waals surface area contributed by atoms with Gasteiger partial charge in [-0.1, -0.05) is 13.8 Å². The zero-order chi connectivity index (χ0) is 13.0. The first-order valence-electron chi connectivity index (χ1n) is 7.30. The number of hydrogen-bond acceptors (Lipinski definition) is 3. The highest BCUT2D eigenvalue weighted by Gasteiger charge is 2.28. The van der Waals surface area contributed by atoms with Crippen molar-refractivity contribution in [2.45, 2.75) is 64.1 Å². The Bertz CT molecular complexity index is 281. The molecule has 3 unspecified atom stereocenters. The van der Waals surface area contributed by atoms with Crippen LogP contribution in [0.5, 0.6) is 0 Å². The molecule has 0 aliphatic carbocycles. The Morgan fingerprint density at radius 1 is 1.42 bits per heavy atom. The zero-order valence-electron chi connectivity index (χ0n) is 12.0. The molecular formula is C14H27ClN2O2. The van der Waals surface area contributed by atoms with Crippen LogP contribution in [0.4, 0.5) is 0 Å². The maximum absolute atomic E-state index is 12.0. The number of halogens is 1. The van der Waals surface area contributed by atoms with Crippen LogP contribution < -0.4 is 10.6 Å². The van der Waals surface area contributed by atoms with E-state index in [0.29, 0.717) is 18.1 Å². The summed E-state index contributed by atoms with van der Waals surface area (Å²) in [6.45, 7) is 6.18. The minimum atomic E-state index is 0. The normalized spacial score (nSPS) is 31.0. The molecule has 0 aromatic rings. The Labute approximate surface area is 122 Å². The largest absolute Gasteiger partial charge is 0.378 e. The van der Waals surface area contributed by atoms with Gasteiger partial charge >= 0.3 is 0 Å². The first kappa shape index (κ1) is 16.7. The fourth-order valence-corrected chi connectivity index (χ4v) is 2.91. The minimum Gasteiger partial charge on any atom is -0.378 e. The topological polar surface area (TPSA) is 50.4 Å². The summed E-state index contributed by atoms with van der Waals surface area (Å²) < 4.78 is 5.76. The van der Waals surface area contributed by atoms with Gasteiger partial charge in [-0.05, 0) is 44.6 Å². The SMILES string of the molecule is CC(C)CC1CC(NC(=O)C2CCCN2)CCO1.Cl. The second kappa shape index (κ2) is 8.08. The zero-order valence-corrected chi connectivity index (χ0v) is 12.8. The van der Waals surface area contributed by atoms with Crippen molar-refractivity contribution in [3.8, 4) is 0 Å². The molecule has 5 heteroatoms. The summed E-state index contributed by atoms with van der Waals surface area (Å²) in [5.74, 6) is 0.837. The number of hydrogen-bond donors (Lipinski definition) is 2. The van der Waals surface area contributed by atoms with E-state index >= 15 is 0 Å². The quantitative estimate of drug-likeness (QED) is 0.831. The molecule has 2 saturated heterocycles. The van der Waals surface area contributed by atoms with Crippen molar-refractivity contribution in [2.24, 2.45) is 5.92 Å². The van der Waals surface area contributed by atoms with E-state index in [2.05, 4.69) is 24.5 Å². The molecule has 1 amide bonds. The van der Waals surface area contributed by atoms with E-state index in [1.54, 1.807) is 0 Å². The van der Waals surface area contributed by atoms with Crippen molar-refractivity contribution in [1.82, 2.24) is 10.6 Å². The Kier molecular flexibility index (Phi) is 7.11. The number of ether oxygens (including phenoxy) is 1. The van der Waals surface area contributed by atoms with Gasteiger partial charge in [0.1, 0.15) is 0 Å². The van der Waals surface area contributed by atoms with Crippen LogP contribution in [0.25, 0.3) is 0 Å². The van der Waals surface area contributed by atoms with E-state index in [1.807, 2.05) is 0 Å².